The first-order chi connectivity index (χ1) is 49.2. The summed E-state index contributed by atoms with van der Waals surface area (Å²) in [4.78, 5) is 54.3. The highest BCUT2D eigenvalue weighted by Gasteiger charge is 2.35. The molecule has 27 heteroatoms. The van der Waals surface area contributed by atoms with Crippen LogP contribution in [0.4, 0.5) is 17.5 Å². The lowest BCUT2D eigenvalue weighted by molar-refractivity contribution is -0.125. The predicted octanol–water partition coefficient (Wildman–Crippen LogP) is 13.6. The van der Waals surface area contributed by atoms with Crippen LogP contribution in [-0.2, 0) is 24.3 Å². The summed E-state index contributed by atoms with van der Waals surface area (Å²) in [5, 5.41) is 17.6. The zero-order valence-corrected chi connectivity index (χ0v) is 56.1. The summed E-state index contributed by atoms with van der Waals surface area (Å²) in [7, 11) is -1.90. The van der Waals surface area contributed by atoms with E-state index in [1.165, 1.54) is 23.3 Å². The van der Waals surface area contributed by atoms with Crippen molar-refractivity contribution in [1.82, 2.24) is 73.4 Å². The third-order valence-corrected chi connectivity index (χ3v) is 18.9. The number of carbonyl (C=O) groups excluding carboxylic acids is 2. The quantitative estimate of drug-likeness (QED) is 0.0672. The molecule has 0 bridgehead atoms. The van der Waals surface area contributed by atoms with Crippen LogP contribution in [0.5, 0.6) is 34.5 Å². The van der Waals surface area contributed by atoms with Gasteiger partial charge < -0.3 is 45.9 Å². The molecule has 3 fully saturated rings. The first kappa shape index (κ1) is 74.5. The monoisotopic (exact) mass is 1420 g/mol. The van der Waals surface area contributed by atoms with E-state index in [1.807, 2.05) is 190 Å². The number of nitrogen functional groups attached to an aromatic ring is 3. The van der Waals surface area contributed by atoms with E-state index in [9.17, 15) is 18.0 Å². The van der Waals surface area contributed by atoms with Crippen LogP contribution in [0.25, 0.3) is 66.9 Å². The smallest absolute Gasteiger partial charge is 0.246 e. The Bertz CT molecular complexity index is 5100. The number of anilines is 3. The summed E-state index contributed by atoms with van der Waals surface area (Å²) in [5.41, 5.74) is 25.3. The number of para-hydroxylation sites is 3. The molecule has 0 saturated carbocycles. The van der Waals surface area contributed by atoms with Gasteiger partial charge in [-0.1, -0.05) is 95.6 Å². The maximum atomic E-state index is 12.5. The van der Waals surface area contributed by atoms with E-state index < -0.39 is 10.0 Å². The number of benzene rings is 6. The van der Waals surface area contributed by atoms with Crippen LogP contribution in [0, 0.1) is 0 Å². The van der Waals surface area contributed by atoms with E-state index in [1.54, 1.807) is 36.1 Å². The second-order valence-electron chi connectivity index (χ2n) is 23.9. The number of nitrogens with two attached hydrogens (primary N) is 3. The van der Waals surface area contributed by atoms with Gasteiger partial charge in [-0.2, -0.15) is 19.6 Å². The minimum absolute atomic E-state index is 0. The molecule has 2 amide bonds. The highest BCUT2D eigenvalue weighted by Crippen LogP contribution is 2.39. The van der Waals surface area contributed by atoms with Crippen molar-refractivity contribution in [1.29, 1.82) is 0 Å². The summed E-state index contributed by atoms with van der Waals surface area (Å²) in [5.74, 6) is 5.48. The van der Waals surface area contributed by atoms with Crippen molar-refractivity contribution in [3.63, 3.8) is 0 Å². The maximum Gasteiger partial charge on any atom is 0.246 e. The first-order valence-corrected chi connectivity index (χ1v) is 34.2. The van der Waals surface area contributed by atoms with Crippen LogP contribution in [0.2, 0.25) is 0 Å². The molecule has 9 heterocycles. The summed E-state index contributed by atoms with van der Waals surface area (Å²) in [6.45, 7) is 8.78. The number of carbonyl (C=O) groups is 2. The lowest BCUT2D eigenvalue weighted by Gasteiger charge is -2.15. The lowest BCUT2D eigenvalue weighted by Crippen LogP contribution is -2.27. The van der Waals surface area contributed by atoms with Crippen LogP contribution in [-0.4, -0.2) is 147 Å². The Morgan fingerprint density at radius 1 is 0.471 bits per heavy atom. The van der Waals surface area contributed by atoms with E-state index >= 15 is 0 Å². The molecule has 536 valence electrons. The Kier molecular flexibility index (Phi) is 24.0. The van der Waals surface area contributed by atoms with Crippen molar-refractivity contribution in [2.24, 2.45) is 0 Å². The van der Waals surface area contributed by atoms with Crippen molar-refractivity contribution < 1.29 is 37.0 Å². The molecule has 12 aromatic rings. The summed E-state index contributed by atoms with van der Waals surface area (Å²) in [6.07, 6.45) is 13.1. The highest BCUT2D eigenvalue weighted by atomic mass is 32.2. The van der Waals surface area contributed by atoms with Gasteiger partial charge in [0.05, 0.1) is 40.9 Å². The van der Waals surface area contributed by atoms with E-state index in [4.69, 9.17) is 51.4 Å². The number of ether oxygens (including phenoxy) is 4. The highest BCUT2D eigenvalue weighted by molar-refractivity contribution is 7.92. The number of likely N-dealkylation sites (tertiary alicyclic amines) is 2. The Labute approximate surface area is 603 Å². The fourth-order valence-electron chi connectivity index (χ4n) is 12.4. The van der Waals surface area contributed by atoms with E-state index in [-0.39, 0.29) is 52.2 Å². The normalized spacial score (nSPS) is 15.7. The standard InChI is InChI=1S/C26H26N6O3.C25H24N6O2.C23H22N6O3S.3CH4/c1-34-15-5-8-22(33)31-14-13-19(16-31)32-26-23(25(27)28-17-29-26)24(30-32)18-9-11-21(12-10-18)35-20-6-3-2-4-7-20;1-2-6-21(32)30-14-13-18(15-30)31-25-22(24(26)27-16-28-25)23(29-31)17-9-11-20(12-10-17)33-19-7-4-3-5-8-19;1-2-33(30,31)28-13-12-17(14-28)29-23-20(22(24)25-15-26-23)21(27-29)16-8-10-19(11-9-16)32-18-6-4-3-5-7-18;;;/h2-12,17,19H,13-16H2,1H3,(H2,27,28,29);2-12,16,18H,13-15H2,1H3,(H2,26,27,28);2-11,15,17H,1,12-14H2,(H2,24,25,26);3*1H4/b8-5+;6-2+;;;;. The number of sulfonamides is 1. The molecule has 6 aromatic carbocycles. The molecule has 6 N–H and O–H groups in total. The molecule has 104 heavy (non-hydrogen) atoms. The van der Waals surface area contributed by atoms with Crippen molar-refractivity contribution in [3.05, 3.63) is 219 Å². The number of rotatable bonds is 18. The number of aromatic nitrogens is 12. The summed E-state index contributed by atoms with van der Waals surface area (Å²) >= 11 is 0. The zero-order chi connectivity index (χ0) is 70.0. The van der Waals surface area contributed by atoms with Crippen molar-refractivity contribution in [2.45, 2.75) is 66.6 Å². The van der Waals surface area contributed by atoms with Crippen LogP contribution in [0.1, 0.15) is 66.6 Å². The lowest BCUT2D eigenvalue weighted by atomic mass is 10.1. The van der Waals surface area contributed by atoms with Crippen molar-refractivity contribution in [3.8, 4) is 68.3 Å². The number of hydrogen-bond donors (Lipinski definition) is 3. The molecule has 6 aromatic heterocycles. The van der Waals surface area contributed by atoms with Gasteiger partial charge in [0.25, 0.3) is 0 Å². The molecule has 26 nitrogen and oxygen atoms in total. The van der Waals surface area contributed by atoms with Gasteiger partial charge >= 0.3 is 0 Å². The number of fused-ring (bicyclic) bond motifs is 3. The number of allylic oxidation sites excluding steroid dienone is 1. The molecule has 3 unspecified atom stereocenters. The first-order valence-electron chi connectivity index (χ1n) is 32.7. The van der Waals surface area contributed by atoms with Crippen LogP contribution < -0.4 is 31.4 Å². The van der Waals surface area contributed by atoms with Crippen LogP contribution >= 0.6 is 0 Å². The Hall–Kier alpha value is -12.2. The average molecular weight is 1420 g/mol. The molecule has 3 aliphatic heterocycles. The number of nitrogens with zero attached hydrogens (tertiary/aromatic N) is 15. The Balaban J connectivity index is 0.000000165. The van der Waals surface area contributed by atoms with E-state index in [2.05, 4.69) is 36.5 Å². The van der Waals surface area contributed by atoms with Crippen LogP contribution in [0.15, 0.2) is 219 Å². The van der Waals surface area contributed by atoms with E-state index in [0.29, 0.717) is 126 Å². The number of amides is 2. The fraction of sp³-hybridized carbons (Fsp3) is 0.234. The minimum atomic E-state index is -3.49. The van der Waals surface area contributed by atoms with Gasteiger partial charge in [-0.05, 0) is 141 Å². The molecule has 3 saturated heterocycles. The van der Waals surface area contributed by atoms with Gasteiger partial charge in [-0.3, -0.25) is 9.59 Å². The largest absolute Gasteiger partial charge is 0.457 e. The molecule has 15 rings (SSSR count). The second kappa shape index (κ2) is 33.5. The van der Waals surface area contributed by atoms with Crippen LogP contribution in [0.3, 0.4) is 0 Å². The molecule has 3 atom stereocenters. The van der Waals surface area contributed by atoms with Crippen molar-refractivity contribution in [2.75, 3.05) is 70.2 Å². The van der Waals surface area contributed by atoms with Crippen molar-refractivity contribution >= 4 is 72.4 Å². The topological polar surface area (TPSA) is 324 Å². The van der Waals surface area contributed by atoms with Gasteiger partial charge in [-0.15, -0.1) is 0 Å². The molecular formula is C77H84N18O8S. The van der Waals surface area contributed by atoms with Gasteiger partial charge in [0.1, 0.15) is 88.0 Å². The minimum Gasteiger partial charge on any atom is -0.457 e. The molecular weight excluding hydrogens is 1340 g/mol. The molecule has 0 radical (unpaired) electrons. The Morgan fingerprint density at radius 3 is 1.13 bits per heavy atom. The third-order valence-electron chi connectivity index (χ3n) is 17.4. The van der Waals surface area contributed by atoms with Gasteiger partial charge in [0, 0.05) is 74.6 Å². The predicted molar refractivity (Wildman–Crippen MR) is 406 cm³/mol. The molecule has 3 aliphatic rings. The molecule has 0 spiro atoms. The number of hydrogen-bond acceptors (Lipinski definition) is 20. The SMILES string of the molecule is C.C.C.C/C=C/C(=O)N1CCC(n2nc(-c3ccc(Oc4ccccc4)cc3)c3c(N)ncnc32)C1.C=CS(=O)(=O)N1CCC(n2nc(-c3ccc(Oc4ccccc4)cc3)c3c(N)ncnc32)C1.COC/C=C/C(=O)N1CCC(n2nc(-c3ccc(Oc4ccccc4)cc3)c3c(N)ncnc32)C1. The third kappa shape index (κ3) is 16.4. The van der Waals surface area contributed by atoms with Gasteiger partial charge in [0.15, 0.2) is 16.9 Å². The van der Waals surface area contributed by atoms with Gasteiger partial charge in [-0.25, -0.2) is 52.4 Å². The second-order valence-corrected chi connectivity index (χ2v) is 25.8. The molecule has 0 aliphatic carbocycles. The number of methoxy groups -OCH3 is 1. The summed E-state index contributed by atoms with van der Waals surface area (Å²) < 4.78 is 54.0. The zero-order valence-electron chi connectivity index (χ0n) is 55.3. The average Bonchev–Trinajstić information content (AvgIpc) is 1.62. The summed E-state index contributed by atoms with van der Waals surface area (Å²) in [6, 6.07) is 51.5. The van der Waals surface area contributed by atoms with E-state index in [0.717, 1.165) is 63.7 Å². The van der Waals surface area contributed by atoms with Gasteiger partial charge in [0.2, 0.25) is 21.8 Å². The Morgan fingerprint density at radius 2 is 0.798 bits per heavy atom. The fourth-order valence-corrected chi connectivity index (χ4v) is 13.4. The maximum absolute atomic E-state index is 12.5.